The van der Waals surface area contributed by atoms with E-state index in [0.29, 0.717) is 0 Å². The first kappa shape index (κ1) is 13.2. The standard InChI is InChI=1S/C7H9F5O2/c1-2-13-3-4-14-5-6(8,9)7(10,11)12/h2H,1,3-5H2. The van der Waals surface area contributed by atoms with Crippen LogP contribution in [0.1, 0.15) is 0 Å². The smallest absolute Gasteiger partial charge is 0.455 e. The Balaban J connectivity index is 3.72. The van der Waals surface area contributed by atoms with Gasteiger partial charge in [0.15, 0.2) is 0 Å². The van der Waals surface area contributed by atoms with E-state index in [1.165, 1.54) is 0 Å². The van der Waals surface area contributed by atoms with Crippen LogP contribution in [0.5, 0.6) is 0 Å². The van der Waals surface area contributed by atoms with E-state index >= 15 is 0 Å². The molecule has 0 aromatic rings. The molecule has 0 aromatic carbocycles. The van der Waals surface area contributed by atoms with Gasteiger partial charge in [0.05, 0.1) is 12.9 Å². The molecule has 0 heterocycles. The molecule has 0 bridgehead atoms. The minimum absolute atomic E-state index is 0.114. The Morgan fingerprint density at radius 3 is 2.07 bits per heavy atom. The van der Waals surface area contributed by atoms with Crippen LogP contribution in [0.2, 0.25) is 0 Å². The molecule has 14 heavy (non-hydrogen) atoms. The molecule has 0 atom stereocenters. The molecule has 7 heteroatoms. The molecule has 0 amide bonds. The maximum absolute atomic E-state index is 12.1. The van der Waals surface area contributed by atoms with Crippen molar-refractivity contribution in [3.63, 3.8) is 0 Å². The summed E-state index contributed by atoms with van der Waals surface area (Å²) in [6.45, 7) is 0.980. The summed E-state index contributed by atoms with van der Waals surface area (Å²) in [5, 5.41) is 0. The fourth-order valence-corrected chi connectivity index (χ4v) is 0.473. The third kappa shape index (κ3) is 4.40. The number of ether oxygens (including phenoxy) is 2. The second-order valence-corrected chi connectivity index (χ2v) is 2.29. The maximum atomic E-state index is 12.1. The van der Waals surface area contributed by atoms with Crippen LogP contribution >= 0.6 is 0 Å². The van der Waals surface area contributed by atoms with E-state index in [1.807, 2.05) is 0 Å². The van der Waals surface area contributed by atoms with Gasteiger partial charge in [0.25, 0.3) is 0 Å². The van der Waals surface area contributed by atoms with Gasteiger partial charge >= 0.3 is 12.1 Å². The minimum atomic E-state index is -5.58. The zero-order chi connectivity index (χ0) is 11.2. The summed E-state index contributed by atoms with van der Waals surface area (Å²) in [5.41, 5.74) is 0. The van der Waals surface area contributed by atoms with Crippen molar-refractivity contribution in [2.75, 3.05) is 19.8 Å². The van der Waals surface area contributed by atoms with Gasteiger partial charge in [0.1, 0.15) is 13.2 Å². The maximum Gasteiger partial charge on any atom is 0.455 e. The van der Waals surface area contributed by atoms with Crippen molar-refractivity contribution in [2.45, 2.75) is 12.1 Å². The molecule has 84 valence electrons. The predicted octanol–water partition coefficient (Wildman–Crippen LogP) is 2.36. The Hall–Kier alpha value is -0.850. The van der Waals surface area contributed by atoms with Crippen LogP contribution in [0.25, 0.3) is 0 Å². The molecule has 0 aliphatic heterocycles. The van der Waals surface area contributed by atoms with Gasteiger partial charge in [-0.1, -0.05) is 6.58 Å². The molecule has 0 saturated carbocycles. The molecule has 0 unspecified atom stereocenters. The van der Waals surface area contributed by atoms with Crippen LogP contribution in [0.4, 0.5) is 22.0 Å². The molecule has 2 nitrogen and oxygen atoms in total. The van der Waals surface area contributed by atoms with Gasteiger partial charge in [-0.3, -0.25) is 0 Å². The third-order valence-electron chi connectivity index (χ3n) is 1.16. The fraction of sp³-hybridized carbons (Fsp3) is 0.714. The van der Waals surface area contributed by atoms with Crippen molar-refractivity contribution in [3.05, 3.63) is 12.8 Å². The lowest BCUT2D eigenvalue weighted by Gasteiger charge is -2.19. The second-order valence-electron chi connectivity index (χ2n) is 2.29. The highest BCUT2D eigenvalue weighted by atomic mass is 19.4. The monoisotopic (exact) mass is 220 g/mol. The van der Waals surface area contributed by atoms with E-state index in [0.717, 1.165) is 6.26 Å². The molecule has 0 aliphatic rings. The highest BCUT2D eigenvalue weighted by Gasteiger charge is 2.57. The van der Waals surface area contributed by atoms with E-state index in [9.17, 15) is 22.0 Å². The van der Waals surface area contributed by atoms with Crippen molar-refractivity contribution >= 4 is 0 Å². The normalized spacial score (nSPS) is 12.6. The van der Waals surface area contributed by atoms with Crippen molar-refractivity contribution < 1.29 is 31.4 Å². The Bertz CT molecular complexity index is 177. The molecule has 0 aliphatic carbocycles. The van der Waals surface area contributed by atoms with Gasteiger partial charge in [0, 0.05) is 0 Å². The van der Waals surface area contributed by atoms with Gasteiger partial charge in [-0.2, -0.15) is 22.0 Å². The Morgan fingerprint density at radius 1 is 1.07 bits per heavy atom. The van der Waals surface area contributed by atoms with Crippen molar-refractivity contribution in [2.24, 2.45) is 0 Å². The molecule has 0 radical (unpaired) electrons. The first-order valence-electron chi connectivity index (χ1n) is 3.56. The number of hydrogen-bond donors (Lipinski definition) is 0. The largest absolute Gasteiger partial charge is 0.499 e. The molecule has 0 rings (SSSR count). The van der Waals surface area contributed by atoms with Gasteiger partial charge < -0.3 is 9.47 Å². The fourth-order valence-electron chi connectivity index (χ4n) is 0.473. The number of hydrogen-bond acceptors (Lipinski definition) is 2. The summed E-state index contributed by atoms with van der Waals surface area (Å²) in [6, 6.07) is 0. The molecule has 0 saturated heterocycles. The van der Waals surface area contributed by atoms with E-state index < -0.39 is 18.7 Å². The number of halogens is 5. The molecular weight excluding hydrogens is 211 g/mol. The minimum Gasteiger partial charge on any atom is -0.499 e. The topological polar surface area (TPSA) is 18.5 Å². The summed E-state index contributed by atoms with van der Waals surface area (Å²) in [7, 11) is 0. The predicted molar refractivity (Wildman–Crippen MR) is 38.0 cm³/mol. The van der Waals surface area contributed by atoms with E-state index in [2.05, 4.69) is 16.1 Å². The zero-order valence-corrected chi connectivity index (χ0v) is 7.11. The first-order valence-corrected chi connectivity index (χ1v) is 3.56. The average Bonchev–Trinajstić information content (AvgIpc) is 2.02. The summed E-state index contributed by atoms with van der Waals surface area (Å²) in [4.78, 5) is 0. The van der Waals surface area contributed by atoms with Crippen LogP contribution in [0.3, 0.4) is 0 Å². The molecule has 0 spiro atoms. The van der Waals surface area contributed by atoms with Crippen molar-refractivity contribution in [1.82, 2.24) is 0 Å². The Kier molecular flexibility index (Phi) is 4.82. The van der Waals surface area contributed by atoms with Crippen molar-refractivity contribution in [1.29, 1.82) is 0 Å². The average molecular weight is 220 g/mol. The van der Waals surface area contributed by atoms with Crippen LogP contribution in [0.15, 0.2) is 12.8 Å². The summed E-state index contributed by atoms with van der Waals surface area (Å²) >= 11 is 0. The highest BCUT2D eigenvalue weighted by molar-refractivity contribution is 4.74. The van der Waals surface area contributed by atoms with Crippen LogP contribution < -0.4 is 0 Å². The summed E-state index contributed by atoms with van der Waals surface area (Å²) < 4.78 is 67.4. The van der Waals surface area contributed by atoms with Crippen LogP contribution in [-0.2, 0) is 9.47 Å². The van der Waals surface area contributed by atoms with Crippen LogP contribution in [-0.4, -0.2) is 31.9 Å². The van der Waals surface area contributed by atoms with Gasteiger partial charge in [-0.05, 0) is 0 Å². The zero-order valence-electron chi connectivity index (χ0n) is 7.11. The molecule has 0 fully saturated rings. The lowest BCUT2D eigenvalue weighted by atomic mass is 10.3. The Labute approximate surface area is 77.3 Å². The summed E-state index contributed by atoms with van der Waals surface area (Å²) in [5.74, 6) is -4.82. The SMILES string of the molecule is C=COCCOCC(F)(F)C(F)(F)F. The lowest BCUT2D eigenvalue weighted by molar-refractivity contribution is -0.297. The number of alkyl halides is 5. The van der Waals surface area contributed by atoms with Gasteiger partial charge in [0.2, 0.25) is 0 Å². The van der Waals surface area contributed by atoms with Gasteiger partial charge in [-0.25, -0.2) is 0 Å². The van der Waals surface area contributed by atoms with Crippen molar-refractivity contribution in [3.8, 4) is 0 Å². The van der Waals surface area contributed by atoms with Crippen LogP contribution in [0, 0.1) is 0 Å². The quantitative estimate of drug-likeness (QED) is 0.388. The lowest BCUT2D eigenvalue weighted by Crippen LogP contribution is -2.41. The highest BCUT2D eigenvalue weighted by Crippen LogP contribution is 2.35. The second kappa shape index (κ2) is 5.14. The van der Waals surface area contributed by atoms with E-state index in [1.54, 1.807) is 0 Å². The van der Waals surface area contributed by atoms with E-state index in [4.69, 9.17) is 0 Å². The Morgan fingerprint density at radius 2 is 1.64 bits per heavy atom. The molecule has 0 aromatic heterocycles. The molecular formula is C7H9F5O2. The molecule has 0 N–H and O–H groups in total. The first-order chi connectivity index (χ1) is 6.31. The third-order valence-corrected chi connectivity index (χ3v) is 1.16. The summed E-state index contributed by atoms with van der Waals surface area (Å²) in [6.07, 6.45) is -4.54. The van der Waals surface area contributed by atoms with E-state index in [-0.39, 0.29) is 13.2 Å². The van der Waals surface area contributed by atoms with Gasteiger partial charge in [-0.15, -0.1) is 0 Å². The number of rotatable bonds is 6.